The van der Waals surface area contributed by atoms with Gasteiger partial charge < -0.3 is 0 Å². The number of alkyl halides is 3. The number of nitrogens with one attached hydrogen (secondary N) is 1. The Morgan fingerprint density at radius 3 is 2.32 bits per heavy atom. The Balaban J connectivity index is 2.15. The Morgan fingerprint density at radius 1 is 1.18 bits per heavy atom. The van der Waals surface area contributed by atoms with Crippen LogP contribution in [0.3, 0.4) is 0 Å². The zero-order chi connectivity index (χ0) is 25.6. The molecule has 0 spiro atoms. The van der Waals surface area contributed by atoms with Gasteiger partial charge in [0.1, 0.15) is 10.7 Å². The van der Waals surface area contributed by atoms with Crippen LogP contribution in [-0.4, -0.2) is 25.6 Å². The van der Waals surface area contributed by atoms with Crippen LogP contribution in [0.4, 0.5) is 24.7 Å². The molecule has 0 unspecified atom stereocenters. The smallest absolute Gasteiger partial charge is 0.299 e. The summed E-state index contributed by atoms with van der Waals surface area (Å²) in [5, 5.41) is 17.6. The number of hydrogen-bond donors (Lipinski definition) is 1. The molecule has 0 aliphatic carbocycles. The maximum Gasteiger partial charge on any atom is 0.417 e. The molecule has 8 nitrogen and oxygen atoms in total. The first-order valence-corrected chi connectivity index (χ1v) is 10.4. The molecule has 13 heteroatoms. The second-order valence-corrected chi connectivity index (χ2v) is 9.11. The number of amides is 1. The molecule has 0 atom stereocenters. The predicted octanol–water partition coefficient (Wildman–Crippen LogP) is 6.27. The fourth-order valence-electron chi connectivity index (χ4n) is 3.25. The third kappa shape index (κ3) is 4.85. The average Bonchev–Trinajstić information content (AvgIpc) is 3.01. The molecule has 1 amide bonds. The molecule has 0 saturated heterocycles. The van der Waals surface area contributed by atoms with Gasteiger partial charge >= 0.3 is 11.9 Å². The molecule has 3 aromatic rings. The Bertz CT molecular complexity index is 1300. The quantitative estimate of drug-likeness (QED) is 0.326. The zero-order valence-corrected chi connectivity index (χ0v) is 19.8. The molecule has 0 bridgehead atoms. The van der Waals surface area contributed by atoms with Crippen molar-refractivity contribution in [1.82, 2.24) is 14.8 Å². The van der Waals surface area contributed by atoms with E-state index in [0.29, 0.717) is 5.69 Å². The molecule has 3 rings (SSSR count). The first-order valence-electron chi connectivity index (χ1n) is 9.68. The number of pyridine rings is 1. The van der Waals surface area contributed by atoms with Crippen LogP contribution in [0.15, 0.2) is 30.3 Å². The van der Waals surface area contributed by atoms with Crippen molar-refractivity contribution >= 4 is 40.6 Å². The summed E-state index contributed by atoms with van der Waals surface area (Å²) >= 11 is 12.4. The highest BCUT2D eigenvalue weighted by atomic mass is 35.5. The number of benzene rings is 1. The van der Waals surface area contributed by atoms with E-state index in [1.165, 1.54) is 23.9 Å². The molecule has 180 valence electrons. The van der Waals surface area contributed by atoms with Gasteiger partial charge in [-0.05, 0) is 12.1 Å². The van der Waals surface area contributed by atoms with E-state index >= 15 is 0 Å². The van der Waals surface area contributed by atoms with Crippen molar-refractivity contribution in [2.24, 2.45) is 7.05 Å². The highest BCUT2D eigenvalue weighted by Crippen LogP contribution is 2.40. The van der Waals surface area contributed by atoms with Crippen molar-refractivity contribution in [3.63, 3.8) is 0 Å². The van der Waals surface area contributed by atoms with E-state index in [2.05, 4.69) is 15.4 Å². The van der Waals surface area contributed by atoms with Crippen molar-refractivity contribution in [3.8, 4) is 11.3 Å². The van der Waals surface area contributed by atoms with Crippen LogP contribution in [0, 0.1) is 10.1 Å². The van der Waals surface area contributed by atoms with Gasteiger partial charge in [-0.15, -0.1) is 0 Å². The van der Waals surface area contributed by atoms with Crippen molar-refractivity contribution in [2.45, 2.75) is 32.4 Å². The van der Waals surface area contributed by atoms with Crippen molar-refractivity contribution in [1.29, 1.82) is 0 Å². The lowest BCUT2D eigenvalue weighted by molar-refractivity contribution is -0.384. The average molecular weight is 516 g/mol. The SMILES string of the molecule is Cn1nc(C(C)(C)C)c(Cl)c1C(=O)Nc1nc(-c2ccccc2C(F)(F)F)cc(Cl)c1[N+](=O)[O-]. The van der Waals surface area contributed by atoms with Crippen LogP contribution in [0.1, 0.15) is 42.5 Å². The van der Waals surface area contributed by atoms with Gasteiger partial charge in [-0.25, -0.2) is 4.98 Å². The van der Waals surface area contributed by atoms with Crippen LogP contribution >= 0.6 is 23.2 Å². The predicted molar refractivity (Wildman–Crippen MR) is 121 cm³/mol. The molecule has 0 saturated carbocycles. The van der Waals surface area contributed by atoms with Crippen molar-refractivity contribution < 1.29 is 22.9 Å². The maximum atomic E-state index is 13.5. The van der Waals surface area contributed by atoms with Crippen molar-refractivity contribution in [2.75, 3.05) is 5.32 Å². The van der Waals surface area contributed by atoms with E-state index in [9.17, 15) is 28.1 Å². The molecule has 0 fully saturated rings. The van der Waals surface area contributed by atoms with E-state index in [4.69, 9.17) is 23.2 Å². The summed E-state index contributed by atoms with van der Waals surface area (Å²) in [5.74, 6) is -1.53. The number of nitro groups is 1. The van der Waals surface area contributed by atoms with E-state index in [1.807, 2.05) is 20.8 Å². The standard InChI is InChI=1S/C21H18Cl2F3N5O3/c1-20(2,3)17-14(23)16(30(4)29-17)19(32)28-18-15(31(33)34)12(22)9-13(27-18)10-7-5-6-8-11(10)21(24,25)26/h5-9H,1-4H3,(H,27,28,32). The number of carbonyl (C=O) groups is 1. The van der Waals surface area contributed by atoms with E-state index in [1.54, 1.807) is 0 Å². The normalized spacial score (nSPS) is 12.0. The van der Waals surface area contributed by atoms with Gasteiger partial charge in [0.2, 0.25) is 5.82 Å². The van der Waals surface area contributed by atoms with E-state index in [0.717, 1.165) is 18.2 Å². The third-order valence-corrected chi connectivity index (χ3v) is 5.43. The summed E-state index contributed by atoms with van der Waals surface area (Å²) in [5.41, 5.74) is -2.69. The summed E-state index contributed by atoms with van der Waals surface area (Å²) in [7, 11) is 1.46. The lowest BCUT2D eigenvalue weighted by Gasteiger charge is -2.15. The lowest BCUT2D eigenvalue weighted by atomic mass is 9.92. The highest BCUT2D eigenvalue weighted by Gasteiger charge is 2.35. The number of rotatable bonds is 4. The number of aryl methyl sites for hydroxylation is 1. The maximum absolute atomic E-state index is 13.5. The zero-order valence-electron chi connectivity index (χ0n) is 18.3. The Kier molecular flexibility index (Phi) is 6.64. The largest absolute Gasteiger partial charge is 0.417 e. The van der Waals surface area contributed by atoms with E-state index in [-0.39, 0.29) is 22.0 Å². The van der Waals surface area contributed by atoms with Gasteiger partial charge in [0, 0.05) is 18.0 Å². The summed E-state index contributed by atoms with van der Waals surface area (Å²) in [6, 6.07) is 5.47. The Morgan fingerprint density at radius 2 is 1.79 bits per heavy atom. The number of hydrogen-bond acceptors (Lipinski definition) is 5. The summed E-state index contributed by atoms with van der Waals surface area (Å²) in [4.78, 5) is 27.7. The fraction of sp³-hybridized carbons (Fsp3) is 0.286. The van der Waals surface area contributed by atoms with Crippen molar-refractivity contribution in [3.05, 3.63) is 67.4 Å². The third-order valence-electron chi connectivity index (χ3n) is 4.78. The van der Waals surface area contributed by atoms with E-state index < -0.39 is 44.5 Å². The molecule has 0 radical (unpaired) electrons. The summed E-state index contributed by atoms with van der Waals surface area (Å²) < 4.78 is 41.7. The molecule has 1 aromatic carbocycles. The van der Waals surface area contributed by atoms with Gasteiger partial charge in [0.05, 0.1) is 26.9 Å². The fourth-order valence-corrected chi connectivity index (χ4v) is 4.04. The molecule has 1 N–H and O–H groups in total. The topological polar surface area (TPSA) is 103 Å². The molecular formula is C21H18Cl2F3N5O3. The number of nitrogens with zero attached hydrogens (tertiary/aromatic N) is 4. The molecule has 2 aromatic heterocycles. The lowest BCUT2D eigenvalue weighted by Crippen LogP contribution is -2.18. The molecular weight excluding hydrogens is 498 g/mol. The second-order valence-electron chi connectivity index (χ2n) is 8.33. The summed E-state index contributed by atoms with van der Waals surface area (Å²) in [6.07, 6.45) is -4.72. The van der Waals surface area contributed by atoms with Crippen LogP contribution in [0.2, 0.25) is 10.0 Å². The molecule has 34 heavy (non-hydrogen) atoms. The number of anilines is 1. The van der Waals surface area contributed by atoms with Gasteiger partial charge in [-0.3, -0.25) is 24.9 Å². The molecule has 2 heterocycles. The van der Waals surface area contributed by atoms with Crippen LogP contribution in [0.5, 0.6) is 0 Å². The van der Waals surface area contributed by atoms with Crippen LogP contribution in [-0.2, 0) is 18.6 Å². The number of aromatic nitrogens is 3. The highest BCUT2D eigenvalue weighted by molar-refractivity contribution is 6.35. The summed E-state index contributed by atoms with van der Waals surface area (Å²) in [6.45, 7) is 5.49. The minimum absolute atomic E-state index is 0.0276. The first-order chi connectivity index (χ1) is 15.6. The number of halogens is 5. The minimum atomic E-state index is -4.72. The first kappa shape index (κ1) is 25.4. The molecule has 0 aliphatic rings. The van der Waals surface area contributed by atoms with Gasteiger partial charge in [-0.2, -0.15) is 18.3 Å². The molecule has 0 aliphatic heterocycles. The van der Waals surface area contributed by atoms with Gasteiger partial charge in [-0.1, -0.05) is 62.2 Å². The van der Waals surface area contributed by atoms with Crippen LogP contribution in [0.25, 0.3) is 11.3 Å². The van der Waals surface area contributed by atoms with Gasteiger partial charge in [0.15, 0.2) is 0 Å². The Labute approximate surface area is 201 Å². The second kappa shape index (κ2) is 8.88. The van der Waals surface area contributed by atoms with Crippen LogP contribution < -0.4 is 5.32 Å². The number of carbonyl (C=O) groups excluding carboxylic acids is 1. The monoisotopic (exact) mass is 515 g/mol. The van der Waals surface area contributed by atoms with Gasteiger partial charge in [0.25, 0.3) is 5.91 Å². The Hall–Kier alpha value is -3.18. The minimum Gasteiger partial charge on any atom is -0.299 e.